The van der Waals surface area contributed by atoms with Crippen LogP contribution in [0.2, 0.25) is 0 Å². The Balaban J connectivity index is 1.41. The molecule has 1 saturated heterocycles. The van der Waals surface area contributed by atoms with Crippen molar-refractivity contribution in [2.45, 2.75) is 25.1 Å². The minimum Gasteiger partial charge on any atom is -0.408 e. The first-order valence-corrected chi connectivity index (χ1v) is 11.0. The number of nitrogens with one attached hydrogen (secondary N) is 2. The first-order valence-electron chi connectivity index (χ1n) is 11.0. The maximum absolute atomic E-state index is 13.9. The lowest BCUT2D eigenvalue weighted by molar-refractivity contribution is -0.131. The van der Waals surface area contributed by atoms with Gasteiger partial charge in [-0.25, -0.2) is 9.18 Å². The molecule has 1 aliphatic heterocycles. The zero-order chi connectivity index (χ0) is 23.7. The topological polar surface area (TPSA) is 124 Å². The molecule has 0 spiro atoms. The Morgan fingerprint density at radius 2 is 2.21 bits per heavy atom. The molecular weight excluding hydrogens is 441 g/mol. The monoisotopic (exact) mass is 465 g/mol. The number of rotatable bonds is 7. The summed E-state index contributed by atoms with van der Waals surface area (Å²) in [7, 11) is 1.76. The van der Waals surface area contributed by atoms with E-state index in [0.717, 1.165) is 16.7 Å². The quantitative estimate of drug-likeness (QED) is 0.428. The Morgan fingerprint density at radius 3 is 2.97 bits per heavy atom. The van der Waals surface area contributed by atoms with Crippen LogP contribution in [0.15, 0.2) is 51.7 Å². The molecule has 2 atom stereocenters. The number of carbonyl (C=O) groups excluding carboxylic acids is 1. The van der Waals surface area contributed by atoms with E-state index >= 15 is 0 Å². The predicted molar refractivity (Wildman–Crippen MR) is 122 cm³/mol. The first kappa shape index (κ1) is 22.0. The van der Waals surface area contributed by atoms with Gasteiger partial charge in [-0.05, 0) is 41.0 Å². The highest BCUT2D eigenvalue weighted by molar-refractivity contribution is 5.81. The molecule has 2 N–H and O–H groups in total. The fourth-order valence-electron chi connectivity index (χ4n) is 4.40. The molecule has 5 rings (SSSR count). The van der Waals surface area contributed by atoms with Crippen LogP contribution in [0.3, 0.4) is 0 Å². The lowest BCUT2D eigenvalue weighted by Crippen LogP contribution is -2.39. The van der Waals surface area contributed by atoms with Crippen LogP contribution in [0.5, 0.6) is 0 Å². The van der Waals surface area contributed by atoms with E-state index < -0.39 is 11.9 Å². The summed E-state index contributed by atoms with van der Waals surface area (Å²) < 4.78 is 18.9. The van der Waals surface area contributed by atoms with Gasteiger partial charge in [0.2, 0.25) is 11.7 Å². The summed E-state index contributed by atoms with van der Waals surface area (Å²) in [5.41, 5.74) is 3.42. The Kier molecular flexibility index (Phi) is 5.93. The highest BCUT2D eigenvalue weighted by Gasteiger charge is 2.29. The normalized spacial score (nSPS) is 17.3. The van der Waals surface area contributed by atoms with Crippen molar-refractivity contribution >= 4 is 17.0 Å². The second-order valence-corrected chi connectivity index (χ2v) is 8.55. The van der Waals surface area contributed by atoms with Crippen molar-refractivity contribution in [2.75, 3.05) is 26.7 Å². The van der Waals surface area contributed by atoms with Gasteiger partial charge in [0.05, 0.1) is 18.0 Å². The lowest BCUT2D eigenvalue weighted by Gasteiger charge is -2.32. The second-order valence-electron chi connectivity index (χ2n) is 8.55. The van der Waals surface area contributed by atoms with Crippen molar-refractivity contribution in [1.29, 1.82) is 0 Å². The molecule has 4 aromatic rings. The van der Waals surface area contributed by atoms with Gasteiger partial charge in [0.1, 0.15) is 6.17 Å². The molecule has 176 valence electrons. The number of halogens is 1. The Bertz CT molecular complexity index is 1350. The average molecular weight is 465 g/mol. The van der Waals surface area contributed by atoms with Gasteiger partial charge in [-0.15, -0.1) is 10.2 Å². The number of carbonyl (C=O) groups is 1. The van der Waals surface area contributed by atoms with E-state index in [0.29, 0.717) is 43.0 Å². The number of oxazole rings is 1. The molecule has 1 aliphatic rings. The van der Waals surface area contributed by atoms with Crippen molar-refractivity contribution in [2.24, 2.45) is 0 Å². The minimum absolute atomic E-state index is 0.101. The number of hydrogen-bond donors (Lipinski definition) is 2. The van der Waals surface area contributed by atoms with E-state index in [-0.39, 0.29) is 18.4 Å². The molecule has 0 saturated carbocycles. The van der Waals surface area contributed by atoms with Crippen LogP contribution in [0, 0.1) is 0 Å². The van der Waals surface area contributed by atoms with E-state index in [1.54, 1.807) is 30.1 Å². The van der Waals surface area contributed by atoms with E-state index in [1.807, 2.05) is 29.2 Å². The molecule has 11 heteroatoms. The molecule has 0 bridgehead atoms. The molecule has 10 nitrogen and oxygen atoms in total. The average Bonchev–Trinajstić information content (AvgIpc) is 3.57. The van der Waals surface area contributed by atoms with Crippen LogP contribution in [-0.2, 0) is 11.2 Å². The fourth-order valence-corrected chi connectivity index (χ4v) is 4.40. The largest absolute Gasteiger partial charge is 0.417 e. The molecule has 2 aromatic heterocycles. The van der Waals surface area contributed by atoms with E-state index in [1.165, 1.54) is 0 Å². The van der Waals surface area contributed by atoms with Gasteiger partial charge in [0.15, 0.2) is 5.58 Å². The number of likely N-dealkylation sites (N-methyl/N-ethyl adjacent to an activating group) is 1. The van der Waals surface area contributed by atoms with E-state index in [9.17, 15) is 14.0 Å². The summed E-state index contributed by atoms with van der Waals surface area (Å²) in [6.07, 6.45) is -0.209. The third-order valence-electron chi connectivity index (χ3n) is 6.22. The number of hydrogen-bond acceptors (Lipinski definition) is 7. The molecule has 1 fully saturated rings. The summed E-state index contributed by atoms with van der Waals surface area (Å²) in [5, 5.41) is 14.2. The van der Waals surface area contributed by atoms with Gasteiger partial charge in [-0.3, -0.25) is 14.7 Å². The molecule has 0 aliphatic carbocycles. The van der Waals surface area contributed by atoms with Crippen LogP contribution in [0.25, 0.3) is 22.5 Å². The number of likely N-dealkylation sites (tertiary alicyclic amines) is 1. The van der Waals surface area contributed by atoms with Gasteiger partial charge in [0, 0.05) is 32.2 Å². The van der Waals surface area contributed by atoms with E-state index in [2.05, 4.69) is 25.6 Å². The van der Waals surface area contributed by atoms with Crippen molar-refractivity contribution in [3.8, 4) is 11.4 Å². The van der Waals surface area contributed by atoms with Crippen molar-refractivity contribution in [3.05, 3.63) is 64.1 Å². The van der Waals surface area contributed by atoms with Gasteiger partial charge < -0.3 is 9.32 Å². The maximum atomic E-state index is 13.9. The number of aromatic nitrogens is 5. The summed E-state index contributed by atoms with van der Waals surface area (Å²) in [4.78, 5) is 31.1. The molecular formula is C23H24FN7O3. The van der Waals surface area contributed by atoms with Gasteiger partial charge >= 0.3 is 5.76 Å². The highest BCUT2D eigenvalue weighted by Crippen LogP contribution is 2.27. The van der Waals surface area contributed by atoms with Crippen molar-refractivity contribution in [1.82, 2.24) is 35.4 Å². The third-order valence-corrected chi connectivity index (χ3v) is 6.22. The van der Waals surface area contributed by atoms with E-state index in [4.69, 9.17) is 4.42 Å². The summed E-state index contributed by atoms with van der Waals surface area (Å²) >= 11 is 0. The van der Waals surface area contributed by atoms with Crippen LogP contribution in [-0.4, -0.2) is 74.2 Å². The minimum atomic E-state index is -0.851. The Morgan fingerprint density at radius 1 is 1.32 bits per heavy atom. The van der Waals surface area contributed by atoms with Crippen LogP contribution < -0.4 is 5.76 Å². The number of alkyl halides is 1. The highest BCUT2D eigenvalue weighted by atomic mass is 19.1. The van der Waals surface area contributed by atoms with Crippen LogP contribution in [0.1, 0.15) is 23.6 Å². The lowest BCUT2D eigenvalue weighted by atomic mass is 10.0. The third kappa shape index (κ3) is 4.60. The first-order chi connectivity index (χ1) is 16.5. The Hall–Kier alpha value is -3.86. The number of benzene rings is 2. The van der Waals surface area contributed by atoms with Gasteiger partial charge in [0.25, 0.3) is 0 Å². The second kappa shape index (κ2) is 9.18. The number of amides is 1. The van der Waals surface area contributed by atoms with Gasteiger partial charge in [-0.1, -0.05) is 24.3 Å². The molecule has 34 heavy (non-hydrogen) atoms. The SMILES string of the molecule is CN(C(=O)Cc1ccc2oc(=O)[nH]c2c1)[C@H](CN1CC[C@H](F)C1)c1cccc(-c2nn[nH]n2)c1. The number of aromatic amines is 2. The molecule has 1 amide bonds. The Labute approximate surface area is 193 Å². The van der Waals surface area contributed by atoms with Crippen molar-refractivity contribution in [3.63, 3.8) is 0 Å². The summed E-state index contributed by atoms with van der Waals surface area (Å²) in [6.45, 7) is 1.51. The summed E-state index contributed by atoms with van der Waals surface area (Å²) in [5.74, 6) is -0.174. The van der Waals surface area contributed by atoms with Crippen LogP contribution in [0.4, 0.5) is 4.39 Å². The molecule has 0 unspecified atom stereocenters. The summed E-state index contributed by atoms with van der Waals surface area (Å²) in [6, 6.07) is 12.5. The molecule has 0 radical (unpaired) electrons. The number of tetrazole rings is 1. The zero-order valence-corrected chi connectivity index (χ0v) is 18.6. The number of H-pyrrole nitrogens is 2. The van der Waals surface area contributed by atoms with Crippen LogP contribution >= 0.6 is 0 Å². The maximum Gasteiger partial charge on any atom is 0.417 e. The predicted octanol–water partition coefficient (Wildman–Crippen LogP) is 2.09. The zero-order valence-electron chi connectivity index (χ0n) is 18.6. The van der Waals surface area contributed by atoms with Gasteiger partial charge in [-0.2, -0.15) is 5.21 Å². The molecule has 2 aromatic carbocycles. The standard InChI is InChI=1S/C23H24FN7O3/c1-30(21(32)10-14-5-6-20-18(9-14)25-23(33)34-20)19(13-31-8-7-17(24)12-31)15-3-2-4-16(11-15)22-26-28-29-27-22/h2-6,9,11,17,19H,7-8,10,12-13H2,1H3,(H,25,33)(H,26,27,28,29)/t17-,19+/m0/s1. The smallest absolute Gasteiger partial charge is 0.408 e. The molecule has 3 heterocycles. The fraction of sp³-hybridized carbons (Fsp3) is 0.348. The number of fused-ring (bicyclic) bond motifs is 1. The van der Waals surface area contributed by atoms with Crippen molar-refractivity contribution < 1.29 is 13.6 Å². The number of nitrogens with zero attached hydrogens (tertiary/aromatic N) is 5.